The third-order valence-corrected chi connectivity index (χ3v) is 6.93. The lowest BCUT2D eigenvalue weighted by atomic mass is 9.99. The number of carbonyl (C=O) groups is 1. The van der Waals surface area contributed by atoms with Crippen molar-refractivity contribution >= 4 is 44.1 Å². The summed E-state index contributed by atoms with van der Waals surface area (Å²) in [4.78, 5) is 23.6. The van der Waals surface area contributed by atoms with Gasteiger partial charge in [-0.2, -0.15) is 0 Å². The van der Waals surface area contributed by atoms with Gasteiger partial charge in [-0.25, -0.2) is 13.4 Å². The summed E-state index contributed by atoms with van der Waals surface area (Å²) in [5.74, 6) is 0.0795. The van der Waals surface area contributed by atoms with Gasteiger partial charge in [0.1, 0.15) is 15.5 Å². The van der Waals surface area contributed by atoms with Crippen LogP contribution in [0, 0.1) is 0 Å². The number of nitrogens with zero attached hydrogens (tertiary/aromatic N) is 4. The van der Waals surface area contributed by atoms with Crippen LogP contribution in [0.25, 0.3) is 11.0 Å². The maximum absolute atomic E-state index is 13.2. The van der Waals surface area contributed by atoms with E-state index in [1.807, 2.05) is 16.7 Å². The molecule has 0 unspecified atom stereocenters. The largest absolute Gasteiger partial charge is 0.327 e. The summed E-state index contributed by atoms with van der Waals surface area (Å²) in [6.45, 7) is 0.594. The molecule has 0 atom stereocenters. The number of hydrogen-bond acceptors (Lipinski definition) is 5. The quantitative estimate of drug-likeness (QED) is 0.621. The molecule has 0 radical (unpaired) electrons. The standard InChI is InChI=1S/C20H19ClN4O3S/c1-29(27,28)7-6-24-15(9-13-8-14(21)10-23-18(13)24)12-25-17-11-22-5-2-16(17)20(3-4-20)19(25)26/h2,5,8-11H,3-4,6-7,12H2,1H3. The second-order valence-electron chi connectivity index (χ2n) is 7.85. The lowest BCUT2D eigenvalue weighted by molar-refractivity contribution is -0.120. The van der Waals surface area contributed by atoms with Crippen LogP contribution in [-0.2, 0) is 33.1 Å². The fourth-order valence-electron chi connectivity index (χ4n) is 4.23. The van der Waals surface area contributed by atoms with Gasteiger partial charge < -0.3 is 9.47 Å². The van der Waals surface area contributed by atoms with Gasteiger partial charge >= 0.3 is 0 Å². The van der Waals surface area contributed by atoms with E-state index in [2.05, 4.69) is 9.97 Å². The molecule has 5 rings (SSSR count). The number of amides is 1. The molecule has 1 aliphatic heterocycles. The van der Waals surface area contributed by atoms with Crippen molar-refractivity contribution in [2.75, 3.05) is 16.9 Å². The van der Waals surface area contributed by atoms with E-state index in [1.54, 1.807) is 29.6 Å². The SMILES string of the molecule is CS(=O)(=O)CCn1c(CN2C(=O)C3(CC3)c3ccncc32)cc2cc(Cl)cnc21. The Bertz CT molecular complexity index is 1260. The summed E-state index contributed by atoms with van der Waals surface area (Å²) in [5.41, 5.74) is 2.95. The molecule has 1 saturated carbocycles. The van der Waals surface area contributed by atoms with E-state index in [9.17, 15) is 13.2 Å². The van der Waals surface area contributed by atoms with Crippen molar-refractivity contribution in [2.24, 2.45) is 0 Å². The third-order valence-electron chi connectivity index (χ3n) is 5.80. The Balaban J connectivity index is 1.58. The first-order chi connectivity index (χ1) is 13.8. The summed E-state index contributed by atoms with van der Waals surface area (Å²) in [7, 11) is -3.15. The molecular formula is C20H19ClN4O3S. The van der Waals surface area contributed by atoms with Crippen LogP contribution in [0.15, 0.2) is 36.8 Å². The number of carbonyl (C=O) groups excluding carboxylic acids is 1. The molecule has 1 fully saturated rings. The average Bonchev–Trinajstić information content (AvgIpc) is 3.36. The Hall–Kier alpha value is -2.45. The van der Waals surface area contributed by atoms with Gasteiger partial charge in [0.15, 0.2) is 0 Å². The van der Waals surface area contributed by atoms with E-state index in [-0.39, 0.29) is 18.2 Å². The number of sulfone groups is 1. The van der Waals surface area contributed by atoms with Crippen LogP contribution in [0.5, 0.6) is 0 Å². The van der Waals surface area contributed by atoms with Crippen LogP contribution >= 0.6 is 11.6 Å². The zero-order valence-corrected chi connectivity index (χ0v) is 17.4. The van der Waals surface area contributed by atoms with E-state index in [4.69, 9.17) is 11.6 Å². The molecule has 29 heavy (non-hydrogen) atoms. The molecule has 3 aromatic heterocycles. The zero-order valence-electron chi connectivity index (χ0n) is 15.8. The van der Waals surface area contributed by atoms with Crippen molar-refractivity contribution in [3.8, 4) is 0 Å². The van der Waals surface area contributed by atoms with Gasteiger partial charge in [0, 0.05) is 36.3 Å². The van der Waals surface area contributed by atoms with Crippen LogP contribution in [-0.4, -0.2) is 40.9 Å². The van der Waals surface area contributed by atoms with Crippen molar-refractivity contribution in [1.29, 1.82) is 0 Å². The summed E-state index contributed by atoms with van der Waals surface area (Å²) < 4.78 is 25.4. The fourth-order valence-corrected chi connectivity index (χ4v) is 4.91. The molecule has 9 heteroatoms. The van der Waals surface area contributed by atoms with Gasteiger partial charge in [-0.05, 0) is 36.6 Å². The number of aryl methyl sites for hydroxylation is 1. The summed E-state index contributed by atoms with van der Waals surface area (Å²) in [6.07, 6.45) is 7.93. The van der Waals surface area contributed by atoms with Crippen molar-refractivity contribution in [2.45, 2.75) is 31.3 Å². The highest BCUT2D eigenvalue weighted by Gasteiger charge is 2.59. The van der Waals surface area contributed by atoms with Crippen molar-refractivity contribution in [3.63, 3.8) is 0 Å². The topological polar surface area (TPSA) is 85.2 Å². The first kappa shape index (κ1) is 18.6. The van der Waals surface area contributed by atoms with E-state index in [0.29, 0.717) is 17.2 Å². The van der Waals surface area contributed by atoms with Crippen LogP contribution in [0.4, 0.5) is 5.69 Å². The number of hydrogen-bond donors (Lipinski definition) is 0. The molecule has 0 aromatic carbocycles. The number of halogens is 1. The maximum Gasteiger partial charge on any atom is 0.238 e. The monoisotopic (exact) mass is 430 g/mol. The summed E-state index contributed by atoms with van der Waals surface area (Å²) >= 11 is 6.10. The number of rotatable bonds is 5. The molecule has 150 valence electrons. The number of pyridine rings is 2. The van der Waals surface area contributed by atoms with Crippen molar-refractivity contribution < 1.29 is 13.2 Å². The number of aromatic nitrogens is 3. The van der Waals surface area contributed by atoms with Crippen LogP contribution in [0.3, 0.4) is 0 Å². The first-order valence-corrected chi connectivity index (χ1v) is 11.8. The molecule has 3 aromatic rings. The van der Waals surface area contributed by atoms with E-state index in [0.717, 1.165) is 35.2 Å². The Morgan fingerprint density at radius 2 is 2.03 bits per heavy atom. The second kappa shape index (κ2) is 6.27. The van der Waals surface area contributed by atoms with Gasteiger partial charge in [0.25, 0.3) is 0 Å². The maximum atomic E-state index is 13.2. The minimum absolute atomic E-state index is 0.00981. The Morgan fingerprint density at radius 3 is 2.76 bits per heavy atom. The summed E-state index contributed by atoms with van der Waals surface area (Å²) in [6, 6.07) is 5.66. The minimum Gasteiger partial charge on any atom is -0.327 e. The molecule has 2 aliphatic rings. The Labute approximate surface area is 173 Å². The predicted octanol–water partition coefficient (Wildman–Crippen LogP) is 2.71. The molecule has 1 amide bonds. The predicted molar refractivity (Wildman–Crippen MR) is 111 cm³/mol. The lowest BCUT2D eigenvalue weighted by Gasteiger charge is -2.19. The van der Waals surface area contributed by atoms with Crippen molar-refractivity contribution in [3.05, 3.63) is 53.1 Å². The van der Waals surface area contributed by atoms with Crippen LogP contribution < -0.4 is 4.90 Å². The highest BCUT2D eigenvalue weighted by molar-refractivity contribution is 7.90. The van der Waals surface area contributed by atoms with Gasteiger partial charge in [-0.1, -0.05) is 11.6 Å². The second-order valence-corrected chi connectivity index (χ2v) is 10.5. The third kappa shape index (κ3) is 3.02. The minimum atomic E-state index is -3.15. The fraction of sp³-hybridized carbons (Fsp3) is 0.350. The van der Waals surface area contributed by atoms with Gasteiger partial charge in [0.2, 0.25) is 5.91 Å². The Kier molecular flexibility index (Phi) is 4.02. The van der Waals surface area contributed by atoms with Crippen LogP contribution in [0.1, 0.15) is 24.1 Å². The molecule has 0 N–H and O–H groups in total. The lowest BCUT2D eigenvalue weighted by Crippen LogP contribution is -2.32. The average molecular weight is 431 g/mol. The number of fused-ring (bicyclic) bond motifs is 3. The van der Waals surface area contributed by atoms with E-state index >= 15 is 0 Å². The molecule has 0 bridgehead atoms. The van der Waals surface area contributed by atoms with Crippen LogP contribution in [0.2, 0.25) is 5.02 Å². The molecule has 0 saturated heterocycles. The Morgan fingerprint density at radius 1 is 1.24 bits per heavy atom. The highest BCUT2D eigenvalue weighted by atomic mass is 35.5. The van der Waals surface area contributed by atoms with Gasteiger partial charge in [-0.3, -0.25) is 9.78 Å². The summed E-state index contributed by atoms with van der Waals surface area (Å²) in [5, 5.41) is 1.33. The number of anilines is 1. The smallest absolute Gasteiger partial charge is 0.238 e. The molecule has 1 spiro atoms. The molecule has 1 aliphatic carbocycles. The first-order valence-electron chi connectivity index (χ1n) is 9.36. The molecule has 7 nitrogen and oxygen atoms in total. The van der Waals surface area contributed by atoms with Gasteiger partial charge in [-0.15, -0.1) is 0 Å². The van der Waals surface area contributed by atoms with Gasteiger partial charge in [0.05, 0.1) is 34.6 Å². The van der Waals surface area contributed by atoms with E-state index < -0.39 is 15.3 Å². The highest BCUT2D eigenvalue weighted by Crippen LogP contribution is 2.57. The normalized spacial score (nSPS) is 17.3. The molecule has 4 heterocycles. The van der Waals surface area contributed by atoms with E-state index in [1.165, 1.54) is 6.26 Å². The van der Waals surface area contributed by atoms with Crippen molar-refractivity contribution in [1.82, 2.24) is 14.5 Å². The molecular weight excluding hydrogens is 412 g/mol. The zero-order chi connectivity index (χ0) is 20.4.